The average molecular weight is 522 g/mol. The van der Waals surface area contributed by atoms with Crippen LogP contribution in [0.5, 0.6) is 0 Å². The molecule has 1 aromatic heterocycles. The van der Waals surface area contributed by atoms with Crippen LogP contribution in [0.4, 0.5) is 11.6 Å². The molecule has 0 aliphatic rings. The number of nitrogens with zero attached hydrogens (tertiary/aromatic N) is 4. The number of hydrogen-bond donors (Lipinski definition) is 1. The number of nitrogens with one attached hydrogen (secondary N) is 1. The maximum absolute atomic E-state index is 9.07. The number of aryl methyl sites for hydroxylation is 2. The Morgan fingerprint density at radius 1 is 1.00 bits per heavy atom. The van der Waals surface area contributed by atoms with Gasteiger partial charge in [-0.05, 0) is 73.4 Å². The fraction of sp³-hybridized carbons (Fsp3) is 0.143. The first-order chi connectivity index (χ1) is 12.6. The van der Waals surface area contributed by atoms with E-state index in [1.54, 1.807) is 18.2 Å². The van der Waals surface area contributed by atoms with Crippen molar-refractivity contribution in [3.63, 3.8) is 0 Å². The molecule has 0 radical (unpaired) electrons. The average Bonchev–Trinajstić information content (AvgIpc) is 2.65. The Bertz CT molecular complexity index is 1010. The zero-order valence-electron chi connectivity index (χ0n) is 14.9. The molecule has 5 nitrogen and oxygen atoms in total. The van der Waals surface area contributed by atoms with Gasteiger partial charge in [-0.25, -0.2) is 0 Å². The third-order valence-corrected chi connectivity index (χ3v) is 4.10. The molecule has 27 heavy (non-hydrogen) atoms. The number of hydrogen-bond acceptors (Lipinski definition) is 5. The molecule has 1 heterocycles. The van der Waals surface area contributed by atoms with Gasteiger partial charge in [0.05, 0.1) is 23.3 Å². The smallest absolute Gasteiger partial charge is 0.110 e. The molecule has 0 spiro atoms. The van der Waals surface area contributed by atoms with Gasteiger partial charge in [0.2, 0.25) is 0 Å². The molecule has 2 aromatic carbocycles. The Kier molecular flexibility index (Phi) is 6.83. The van der Waals surface area contributed by atoms with Gasteiger partial charge in [0, 0.05) is 26.8 Å². The van der Waals surface area contributed by atoms with Crippen LogP contribution in [0, 0.1) is 42.7 Å². The maximum atomic E-state index is 9.07. The van der Waals surface area contributed by atoms with Crippen LogP contribution in [0.2, 0.25) is 0 Å². The molecule has 1 N–H and O–H groups in total. The summed E-state index contributed by atoms with van der Waals surface area (Å²) in [7, 11) is 0. The monoisotopic (exact) mass is 522 g/mol. The van der Waals surface area contributed by atoms with Crippen LogP contribution in [-0.4, -0.2) is 9.97 Å². The summed E-state index contributed by atoms with van der Waals surface area (Å²) in [4.78, 5) is 8.68. The van der Waals surface area contributed by atoms with Crippen molar-refractivity contribution in [1.29, 1.82) is 10.5 Å². The number of rotatable bonds is 4. The van der Waals surface area contributed by atoms with E-state index in [1.807, 2.05) is 38.1 Å². The Morgan fingerprint density at radius 3 is 2.22 bits per heavy atom. The molecule has 0 fully saturated rings. The summed E-state index contributed by atoms with van der Waals surface area (Å²) in [5.41, 5.74) is 6.21. The summed E-state index contributed by atoms with van der Waals surface area (Å²) in [5.74, 6) is 0.455. The Hall–Kier alpha value is -3.01. The standard InChI is InChI=1S/C21H16N5.W/c1-14-9-17(13-23)10-15(2)20(14)11-19-7-8-24-21(26-19)25-18-5-3-16(12-22)4-6-18;/h3-7,9-10H,11H2,1-2H3,(H,24,25,26);/q-1;. The summed E-state index contributed by atoms with van der Waals surface area (Å²) >= 11 is 0. The first-order valence-corrected chi connectivity index (χ1v) is 8.10. The van der Waals surface area contributed by atoms with Crippen LogP contribution < -0.4 is 5.32 Å². The van der Waals surface area contributed by atoms with Crippen molar-refractivity contribution < 1.29 is 21.1 Å². The minimum absolute atomic E-state index is 0. The SMILES string of the molecule is Cc1cc(C#N)cc(C)c1Cc1c[c-]nc(Nc2ccc(C#N)cc2)n1.[W]. The van der Waals surface area contributed by atoms with Crippen molar-refractivity contribution in [1.82, 2.24) is 9.97 Å². The second-order valence-corrected chi connectivity index (χ2v) is 6.00. The molecule has 0 saturated heterocycles. The Balaban J connectivity index is 0.00000261. The number of nitriles is 2. The van der Waals surface area contributed by atoms with E-state index in [0.29, 0.717) is 23.5 Å². The van der Waals surface area contributed by atoms with Crippen LogP contribution >= 0.6 is 0 Å². The fourth-order valence-electron chi connectivity index (χ4n) is 2.78. The van der Waals surface area contributed by atoms with Gasteiger partial charge in [-0.3, -0.25) is 0 Å². The second kappa shape index (κ2) is 9.08. The topological polar surface area (TPSA) is 85.4 Å². The number of benzene rings is 2. The van der Waals surface area contributed by atoms with E-state index in [9.17, 15) is 0 Å². The van der Waals surface area contributed by atoms with Gasteiger partial charge >= 0.3 is 0 Å². The van der Waals surface area contributed by atoms with Crippen LogP contribution in [0.25, 0.3) is 0 Å². The third kappa shape index (κ3) is 5.00. The van der Waals surface area contributed by atoms with E-state index in [1.165, 1.54) is 0 Å². The Morgan fingerprint density at radius 2 is 1.63 bits per heavy atom. The minimum Gasteiger partial charge on any atom is -0.378 e. The van der Waals surface area contributed by atoms with E-state index in [2.05, 4.69) is 33.6 Å². The third-order valence-electron chi connectivity index (χ3n) is 4.10. The molecular weight excluding hydrogens is 506 g/mol. The summed E-state index contributed by atoms with van der Waals surface area (Å²) in [6, 6.07) is 16.9. The van der Waals surface area contributed by atoms with Crippen LogP contribution in [-0.2, 0) is 27.5 Å². The predicted octanol–water partition coefficient (Wildman–Crippen LogP) is 3.97. The summed E-state index contributed by atoms with van der Waals surface area (Å²) in [6.07, 6.45) is 3.52. The van der Waals surface area contributed by atoms with Gasteiger partial charge in [0.15, 0.2) is 0 Å². The molecular formula is C21H16N5W-. The predicted molar refractivity (Wildman–Crippen MR) is 98.7 cm³/mol. The molecule has 3 aromatic rings. The second-order valence-electron chi connectivity index (χ2n) is 6.00. The van der Waals surface area contributed by atoms with E-state index in [0.717, 1.165) is 28.1 Å². The van der Waals surface area contributed by atoms with Gasteiger partial charge in [0.1, 0.15) is 5.95 Å². The summed E-state index contributed by atoms with van der Waals surface area (Å²) in [6.45, 7) is 4.01. The van der Waals surface area contributed by atoms with Crippen molar-refractivity contribution in [2.75, 3.05) is 5.32 Å². The zero-order valence-corrected chi connectivity index (χ0v) is 17.9. The largest absolute Gasteiger partial charge is 0.378 e. The quantitative estimate of drug-likeness (QED) is 0.525. The summed E-state index contributed by atoms with van der Waals surface area (Å²) < 4.78 is 0. The van der Waals surface area contributed by atoms with Crippen molar-refractivity contribution in [2.24, 2.45) is 0 Å². The first-order valence-electron chi connectivity index (χ1n) is 8.10. The number of aromatic nitrogens is 2. The normalized spacial score (nSPS) is 9.63. The molecule has 6 heteroatoms. The van der Waals surface area contributed by atoms with Crippen LogP contribution in [0.3, 0.4) is 0 Å². The molecule has 132 valence electrons. The van der Waals surface area contributed by atoms with Crippen molar-refractivity contribution in [3.8, 4) is 12.1 Å². The van der Waals surface area contributed by atoms with Crippen molar-refractivity contribution in [2.45, 2.75) is 20.3 Å². The van der Waals surface area contributed by atoms with Crippen molar-refractivity contribution >= 4 is 11.6 Å². The summed E-state index contributed by atoms with van der Waals surface area (Å²) in [5, 5.41) is 21.1. The molecule has 0 atom stereocenters. The van der Waals surface area contributed by atoms with Gasteiger partial charge in [-0.2, -0.15) is 10.5 Å². The van der Waals surface area contributed by atoms with Crippen LogP contribution in [0.15, 0.2) is 42.5 Å². The van der Waals surface area contributed by atoms with Gasteiger partial charge in [-0.15, -0.1) is 6.07 Å². The fourth-order valence-corrected chi connectivity index (χ4v) is 2.78. The molecule has 0 aliphatic carbocycles. The molecule has 0 unspecified atom stereocenters. The molecule has 0 amide bonds. The van der Waals surface area contributed by atoms with E-state index in [-0.39, 0.29) is 21.1 Å². The van der Waals surface area contributed by atoms with Gasteiger partial charge in [-0.1, -0.05) is 11.9 Å². The van der Waals surface area contributed by atoms with E-state index in [4.69, 9.17) is 10.5 Å². The molecule has 0 aliphatic heterocycles. The molecule has 0 saturated carbocycles. The number of anilines is 2. The maximum Gasteiger partial charge on any atom is 0.110 e. The van der Waals surface area contributed by atoms with E-state index < -0.39 is 0 Å². The zero-order chi connectivity index (χ0) is 18.5. The minimum atomic E-state index is 0. The Labute approximate surface area is 173 Å². The van der Waals surface area contributed by atoms with Crippen molar-refractivity contribution in [3.05, 3.63) is 82.2 Å². The van der Waals surface area contributed by atoms with Gasteiger partial charge in [0.25, 0.3) is 0 Å². The first kappa shape index (κ1) is 20.3. The van der Waals surface area contributed by atoms with Gasteiger partial charge < -0.3 is 15.3 Å². The molecule has 0 bridgehead atoms. The van der Waals surface area contributed by atoms with Crippen LogP contribution in [0.1, 0.15) is 33.5 Å². The van der Waals surface area contributed by atoms with E-state index >= 15 is 0 Å². The molecule has 3 rings (SSSR count).